The van der Waals surface area contributed by atoms with Gasteiger partial charge in [0.2, 0.25) is 0 Å². The molecule has 1 aliphatic rings. The number of aromatic nitrogens is 3. The largest absolute Gasteiger partial charge is 0.234 e. The van der Waals surface area contributed by atoms with Crippen molar-refractivity contribution in [3.05, 3.63) is 11.9 Å². The van der Waals surface area contributed by atoms with Gasteiger partial charge in [-0.3, -0.25) is 0 Å². The van der Waals surface area contributed by atoms with E-state index in [1.807, 2.05) is 6.07 Å². The van der Waals surface area contributed by atoms with Crippen LogP contribution in [0.1, 0.15) is 18.5 Å². The Kier molecular flexibility index (Phi) is 1.35. The van der Waals surface area contributed by atoms with Crippen molar-refractivity contribution in [3.8, 4) is 6.07 Å². The third kappa shape index (κ3) is 1.22. The summed E-state index contributed by atoms with van der Waals surface area (Å²) in [5, 5.41) is 16.1. The summed E-state index contributed by atoms with van der Waals surface area (Å²) in [6.45, 7) is 0.864. The summed E-state index contributed by atoms with van der Waals surface area (Å²) in [4.78, 5) is 0. The van der Waals surface area contributed by atoms with E-state index in [1.54, 1.807) is 4.68 Å². The number of hydrogen-bond donors (Lipinski definition) is 0. The second kappa shape index (κ2) is 2.35. The van der Waals surface area contributed by atoms with Crippen LogP contribution in [-0.2, 0) is 6.54 Å². The van der Waals surface area contributed by atoms with E-state index in [4.69, 9.17) is 5.26 Å². The van der Waals surface area contributed by atoms with Gasteiger partial charge in [-0.25, -0.2) is 4.68 Å². The first-order valence-electron chi connectivity index (χ1n) is 3.69. The first-order chi connectivity index (χ1) is 5.40. The van der Waals surface area contributed by atoms with Gasteiger partial charge in [0.25, 0.3) is 0 Å². The maximum atomic E-state index is 8.59. The van der Waals surface area contributed by atoms with Crippen molar-refractivity contribution in [1.82, 2.24) is 15.0 Å². The molecular weight excluding hydrogens is 140 g/mol. The van der Waals surface area contributed by atoms with Gasteiger partial charge in [-0.2, -0.15) is 5.26 Å². The minimum absolute atomic E-state index is 0.567. The van der Waals surface area contributed by atoms with Gasteiger partial charge < -0.3 is 0 Å². The summed E-state index contributed by atoms with van der Waals surface area (Å²) in [6, 6.07) is 2.05. The molecule has 0 aromatic carbocycles. The Bertz CT molecular complexity index is 292. The Balaban J connectivity index is 2.15. The maximum absolute atomic E-state index is 8.59. The Morgan fingerprint density at radius 2 is 2.55 bits per heavy atom. The van der Waals surface area contributed by atoms with Crippen LogP contribution in [0.25, 0.3) is 0 Å². The second-order valence-corrected chi connectivity index (χ2v) is 2.86. The van der Waals surface area contributed by atoms with Gasteiger partial charge in [0.15, 0.2) is 5.69 Å². The zero-order valence-corrected chi connectivity index (χ0v) is 6.06. The quantitative estimate of drug-likeness (QED) is 0.615. The van der Waals surface area contributed by atoms with E-state index >= 15 is 0 Å². The summed E-state index contributed by atoms with van der Waals surface area (Å²) in [6.07, 6.45) is 4.04. The fraction of sp³-hybridized carbons (Fsp3) is 0.571. The fourth-order valence-corrected chi connectivity index (χ4v) is 1.02. The number of hydrogen-bond acceptors (Lipinski definition) is 3. The molecule has 0 N–H and O–H groups in total. The molecule has 4 heteroatoms. The minimum atomic E-state index is 0.567. The molecule has 2 rings (SSSR count). The average molecular weight is 148 g/mol. The highest BCUT2D eigenvalue weighted by atomic mass is 15.4. The molecule has 0 unspecified atom stereocenters. The van der Waals surface area contributed by atoms with E-state index in [0.717, 1.165) is 12.5 Å². The Morgan fingerprint density at radius 1 is 1.73 bits per heavy atom. The maximum Gasteiger partial charge on any atom is 0.158 e. The molecule has 1 aromatic rings. The summed E-state index contributed by atoms with van der Waals surface area (Å²) >= 11 is 0. The van der Waals surface area contributed by atoms with Gasteiger partial charge >= 0.3 is 0 Å². The van der Waals surface area contributed by atoms with Gasteiger partial charge in [-0.1, -0.05) is 5.21 Å². The highest BCUT2D eigenvalue weighted by Crippen LogP contribution is 2.30. The lowest BCUT2D eigenvalue weighted by atomic mass is 10.4. The van der Waals surface area contributed by atoms with Gasteiger partial charge in [0.1, 0.15) is 6.07 Å². The van der Waals surface area contributed by atoms with Crippen LogP contribution in [0.4, 0.5) is 0 Å². The topological polar surface area (TPSA) is 54.5 Å². The molecule has 0 amide bonds. The van der Waals surface area contributed by atoms with Crippen molar-refractivity contribution in [1.29, 1.82) is 5.26 Å². The SMILES string of the molecule is N#Cc1cnnn1CC1CC1. The van der Waals surface area contributed by atoms with Gasteiger partial charge in [0, 0.05) is 6.54 Å². The second-order valence-electron chi connectivity index (χ2n) is 2.86. The normalized spacial score (nSPS) is 16.3. The highest BCUT2D eigenvalue weighted by molar-refractivity contribution is 5.14. The van der Waals surface area contributed by atoms with Crippen LogP contribution in [0.15, 0.2) is 6.20 Å². The van der Waals surface area contributed by atoms with Gasteiger partial charge in [-0.15, -0.1) is 5.10 Å². The van der Waals surface area contributed by atoms with Crippen molar-refractivity contribution in [2.45, 2.75) is 19.4 Å². The van der Waals surface area contributed by atoms with Crippen LogP contribution in [0, 0.1) is 17.2 Å². The van der Waals surface area contributed by atoms with E-state index in [-0.39, 0.29) is 0 Å². The third-order valence-corrected chi connectivity index (χ3v) is 1.86. The minimum Gasteiger partial charge on any atom is -0.234 e. The number of rotatable bonds is 2. The summed E-state index contributed by atoms with van der Waals surface area (Å²) in [5.74, 6) is 0.740. The zero-order chi connectivity index (χ0) is 7.68. The van der Waals surface area contributed by atoms with Crippen LogP contribution in [0.5, 0.6) is 0 Å². The highest BCUT2D eigenvalue weighted by Gasteiger charge is 2.23. The first-order valence-corrected chi connectivity index (χ1v) is 3.69. The lowest BCUT2D eigenvalue weighted by molar-refractivity contribution is 0.539. The fourth-order valence-electron chi connectivity index (χ4n) is 1.02. The molecule has 0 radical (unpaired) electrons. The predicted molar refractivity (Wildman–Crippen MR) is 37.5 cm³/mol. The zero-order valence-electron chi connectivity index (χ0n) is 6.06. The van der Waals surface area contributed by atoms with Crippen LogP contribution >= 0.6 is 0 Å². The smallest absolute Gasteiger partial charge is 0.158 e. The first kappa shape index (κ1) is 6.35. The van der Waals surface area contributed by atoms with Crippen molar-refractivity contribution in [3.63, 3.8) is 0 Å². The molecule has 1 heterocycles. The molecule has 1 saturated carbocycles. The van der Waals surface area contributed by atoms with Crippen LogP contribution in [-0.4, -0.2) is 15.0 Å². The Labute approximate surface area is 64.4 Å². The Hall–Kier alpha value is -1.37. The summed E-state index contributed by atoms with van der Waals surface area (Å²) in [7, 11) is 0. The molecule has 1 fully saturated rings. The Morgan fingerprint density at radius 3 is 3.18 bits per heavy atom. The van der Waals surface area contributed by atoms with Crippen molar-refractivity contribution in [2.24, 2.45) is 5.92 Å². The van der Waals surface area contributed by atoms with E-state index in [1.165, 1.54) is 19.0 Å². The van der Waals surface area contributed by atoms with Crippen molar-refractivity contribution >= 4 is 0 Å². The van der Waals surface area contributed by atoms with E-state index in [0.29, 0.717) is 5.69 Å². The van der Waals surface area contributed by atoms with E-state index in [9.17, 15) is 0 Å². The predicted octanol–water partition coefficient (Wildman–Crippen LogP) is 0.560. The summed E-state index contributed by atoms with van der Waals surface area (Å²) in [5.41, 5.74) is 0.567. The molecule has 1 aromatic heterocycles. The number of nitriles is 1. The lowest BCUT2D eigenvalue weighted by Gasteiger charge is -1.96. The average Bonchev–Trinajstić information content (AvgIpc) is 2.68. The molecule has 1 aliphatic carbocycles. The summed E-state index contributed by atoms with van der Waals surface area (Å²) < 4.78 is 1.68. The van der Waals surface area contributed by atoms with Crippen LogP contribution in [0.3, 0.4) is 0 Å². The number of nitrogens with zero attached hydrogens (tertiary/aromatic N) is 4. The van der Waals surface area contributed by atoms with Gasteiger partial charge in [0.05, 0.1) is 6.20 Å². The van der Waals surface area contributed by atoms with Crippen LogP contribution < -0.4 is 0 Å². The molecule has 56 valence electrons. The monoisotopic (exact) mass is 148 g/mol. The van der Waals surface area contributed by atoms with Crippen molar-refractivity contribution in [2.75, 3.05) is 0 Å². The molecule has 0 saturated heterocycles. The molecule has 11 heavy (non-hydrogen) atoms. The molecule has 4 nitrogen and oxygen atoms in total. The standard InChI is InChI=1S/C7H8N4/c8-3-7-4-9-10-11(7)5-6-1-2-6/h4,6H,1-2,5H2. The van der Waals surface area contributed by atoms with E-state index < -0.39 is 0 Å². The molecule has 0 bridgehead atoms. The molecule has 0 atom stereocenters. The van der Waals surface area contributed by atoms with Crippen LogP contribution in [0.2, 0.25) is 0 Å². The van der Waals surface area contributed by atoms with Crippen molar-refractivity contribution < 1.29 is 0 Å². The van der Waals surface area contributed by atoms with Gasteiger partial charge in [-0.05, 0) is 18.8 Å². The van der Waals surface area contributed by atoms with E-state index in [2.05, 4.69) is 10.3 Å². The lowest BCUT2D eigenvalue weighted by Crippen LogP contribution is -2.04. The third-order valence-electron chi connectivity index (χ3n) is 1.86. The molecular formula is C7H8N4. The molecule has 0 aliphatic heterocycles. The molecule has 0 spiro atoms.